The Labute approximate surface area is 187 Å². The van der Waals surface area contributed by atoms with E-state index >= 15 is 0 Å². The van der Waals surface area contributed by atoms with Crippen LogP contribution in [-0.2, 0) is 28.9 Å². The molecular formula is C26H26N2O2S. The molecule has 0 fully saturated rings. The molecule has 0 radical (unpaired) electrons. The molecule has 2 aliphatic carbocycles. The zero-order chi connectivity index (χ0) is 21.5. The lowest BCUT2D eigenvalue weighted by Gasteiger charge is -2.37. The molecule has 158 valence electrons. The molecule has 0 unspecified atom stereocenters. The van der Waals surface area contributed by atoms with E-state index in [0.29, 0.717) is 18.4 Å². The zero-order valence-corrected chi connectivity index (χ0v) is 18.7. The molecule has 0 N–H and O–H groups in total. The zero-order valence-electron chi connectivity index (χ0n) is 17.9. The topological polar surface area (TPSA) is 61.2 Å². The van der Waals surface area contributed by atoms with Gasteiger partial charge < -0.3 is 0 Å². The first kappa shape index (κ1) is 20.2. The Bertz CT molecular complexity index is 1130. The molecule has 0 bridgehead atoms. The maximum atomic E-state index is 13.5. The first-order chi connectivity index (χ1) is 15.1. The molecule has 31 heavy (non-hydrogen) atoms. The van der Waals surface area contributed by atoms with Crippen LogP contribution in [0.5, 0.6) is 0 Å². The second kappa shape index (κ2) is 8.09. The van der Waals surface area contributed by atoms with Gasteiger partial charge in [0.2, 0.25) is 5.91 Å². The molecule has 5 heteroatoms. The lowest BCUT2D eigenvalue weighted by molar-refractivity contribution is -0.119. The summed E-state index contributed by atoms with van der Waals surface area (Å²) in [5.41, 5.74) is 5.71. The van der Waals surface area contributed by atoms with Crippen LogP contribution in [-0.4, -0.2) is 11.7 Å². The van der Waals surface area contributed by atoms with E-state index in [1.54, 1.807) is 16.2 Å². The molecule has 0 saturated heterocycles. The van der Waals surface area contributed by atoms with Crippen LogP contribution in [0, 0.1) is 11.3 Å². The fourth-order valence-electron chi connectivity index (χ4n) is 5.32. The van der Waals surface area contributed by atoms with Gasteiger partial charge in [0.25, 0.3) is 0 Å². The van der Waals surface area contributed by atoms with Crippen LogP contribution in [0.4, 0.5) is 5.00 Å². The number of amides is 1. The van der Waals surface area contributed by atoms with Crippen LogP contribution >= 0.6 is 11.3 Å². The van der Waals surface area contributed by atoms with E-state index in [2.05, 4.69) is 37.3 Å². The molecule has 0 spiro atoms. The maximum Gasteiger partial charge on any atom is 0.232 e. The van der Waals surface area contributed by atoms with Crippen molar-refractivity contribution in [2.24, 2.45) is 0 Å². The molecule has 2 aromatic rings. The molecule has 1 aromatic carbocycles. The van der Waals surface area contributed by atoms with Crippen LogP contribution < -0.4 is 4.90 Å². The molecule has 1 aliphatic heterocycles. The summed E-state index contributed by atoms with van der Waals surface area (Å²) in [6, 6.07) is 10.7. The van der Waals surface area contributed by atoms with Crippen molar-refractivity contribution in [1.29, 1.82) is 5.26 Å². The minimum Gasteiger partial charge on any atom is -0.294 e. The molecule has 0 saturated carbocycles. The molecule has 4 nitrogen and oxygen atoms in total. The monoisotopic (exact) mass is 430 g/mol. The number of carbonyl (C=O) groups excluding carboxylic acids is 2. The van der Waals surface area contributed by atoms with E-state index in [1.165, 1.54) is 10.4 Å². The molecular weight excluding hydrogens is 404 g/mol. The molecule has 1 amide bonds. The standard InChI is InChI=1S/C26H26N2O2S/c1-2-16-10-12-17(13-11-16)19-14-24(30)28(21-7-5-8-22(29)25(19)21)26-20(15-27)18-6-3-4-9-23(18)31-26/h10-13,19H,2-9,14H2,1H3/t19-/m0/s1. The van der Waals surface area contributed by atoms with Crippen LogP contribution in [0.15, 0.2) is 35.5 Å². The number of carbonyl (C=O) groups is 2. The van der Waals surface area contributed by atoms with Crippen LogP contribution in [0.1, 0.15) is 78.5 Å². The summed E-state index contributed by atoms with van der Waals surface area (Å²) < 4.78 is 0. The van der Waals surface area contributed by atoms with Gasteiger partial charge in [-0.05, 0) is 61.6 Å². The van der Waals surface area contributed by atoms with Gasteiger partial charge in [-0.15, -0.1) is 11.3 Å². The highest BCUT2D eigenvalue weighted by molar-refractivity contribution is 7.16. The lowest BCUT2D eigenvalue weighted by Crippen LogP contribution is -2.40. The highest BCUT2D eigenvalue weighted by atomic mass is 32.1. The Kier molecular flexibility index (Phi) is 5.27. The number of benzene rings is 1. The summed E-state index contributed by atoms with van der Waals surface area (Å²) in [6.07, 6.45) is 7.37. The minimum atomic E-state index is -0.183. The van der Waals surface area contributed by atoms with E-state index in [1.807, 2.05) is 0 Å². The smallest absolute Gasteiger partial charge is 0.232 e. The number of ketones is 1. The van der Waals surface area contributed by atoms with E-state index in [9.17, 15) is 14.9 Å². The molecule has 1 aromatic heterocycles. The minimum absolute atomic E-state index is 0.00751. The lowest BCUT2D eigenvalue weighted by atomic mass is 9.77. The summed E-state index contributed by atoms with van der Waals surface area (Å²) in [4.78, 5) is 29.6. The second-order valence-corrected chi connectivity index (χ2v) is 9.80. The predicted molar refractivity (Wildman–Crippen MR) is 122 cm³/mol. The van der Waals surface area contributed by atoms with Gasteiger partial charge in [0.15, 0.2) is 5.78 Å². The molecule has 2 heterocycles. The van der Waals surface area contributed by atoms with Crippen LogP contribution in [0.3, 0.4) is 0 Å². The summed E-state index contributed by atoms with van der Waals surface area (Å²) >= 11 is 1.59. The maximum absolute atomic E-state index is 13.5. The van der Waals surface area contributed by atoms with Gasteiger partial charge in [-0.3, -0.25) is 14.5 Å². The van der Waals surface area contributed by atoms with E-state index in [-0.39, 0.29) is 24.0 Å². The molecule has 3 aliphatic rings. The van der Waals surface area contributed by atoms with Gasteiger partial charge in [0.05, 0.1) is 5.56 Å². The summed E-state index contributed by atoms with van der Waals surface area (Å²) in [6.45, 7) is 2.12. The van der Waals surface area contributed by atoms with Crippen molar-refractivity contribution in [3.05, 3.63) is 62.7 Å². The number of thiophene rings is 1. The Balaban J connectivity index is 1.64. The van der Waals surface area contributed by atoms with Crippen LogP contribution in [0.25, 0.3) is 0 Å². The van der Waals surface area contributed by atoms with Crippen molar-refractivity contribution in [2.45, 2.75) is 70.6 Å². The third kappa shape index (κ3) is 3.34. The number of allylic oxidation sites excluding steroid dienone is 2. The average molecular weight is 431 g/mol. The van der Waals surface area contributed by atoms with Crippen molar-refractivity contribution in [3.63, 3.8) is 0 Å². The molecule has 5 rings (SSSR count). The van der Waals surface area contributed by atoms with Gasteiger partial charge in [0.1, 0.15) is 11.1 Å². The van der Waals surface area contributed by atoms with Crippen molar-refractivity contribution >= 4 is 28.0 Å². The number of nitrogens with zero attached hydrogens (tertiary/aromatic N) is 2. The van der Waals surface area contributed by atoms with Gasteiger partial charge in [-0.2, -0.15) is 5.26 Å². The predicted octanol–water partition coefficient (Wildman–Crippen LogP) is 5.59. The number of anilines is 1. The second-order valence-electron chi connectivity index (χ2n) is 8.72. The summed E-state index contributed by atoms with van der Waals surface area (Å²) in [5, 5.41) is 10.7. The Morgan fingerprint density at radius 3 is 2.58 bits per heavy atom. The van der Waals surface area contributed by atoms with E-state index < -0.39 is 0 Å². The third-order valence-corrected chi connectivity index (χ3v) is 8.21. The average Bonchev–Trinajstić information content (AvgIpc) is 3.16. The van der Waals surface area contributed by atoms with Crippen molar-refractivity contribution < 1.29 is 9.59 Å². The number of Topliss-reactive ketones (excluding diaryl/α,β-unsaturated/α-hetero) is 1. The summed E-state index contributed by atoms with van der Waals surface area (Å²) in [5.74, 6) is -0.0196. The van der Waals surface area contributed by atoms with E-state index in [4.69, 9.17) is 0 Å². The van der Waals surface area contributed by atoms with Crippen molar-refractivity contribution in [1.82, 2.24) is 0 Å². The van der Waals surface area contributed by atoms with Crippen molar-refractivity contribution in [3.8, 4) is 6.07 Å². The molecule has 1 atom stereocenters. The number of hydrogen-bond acceptors (Lipinski definition) is 4. The Hall–Kier alpha value is -2.71. The Morgan fingerprint density at radius 1 is 1.06 bits per heavy atom. The Morgan fingerprint density at radius 2 is 1.84 bits per heavy atom. The highest BCUT2D eigenvalue weighted by Crippen LogP contribution is 2.48. The fourth-order valence-corrected chi connectivity index (χ4v) is 6.70. The highest BCUT2D eigenvalue weighted by Gasteiger charge is 2.41. The van der Waals surface area contributed by atoms with Gasteiger partial charge in [-0.25, -0.2) is 0 Å². The van der Waals surface area contributed by atoms with Gasteiger partial charge >= 0.3 is 0 Å². The number of aryl methyl sites for hydroxylation is 2. The largest absolute Gasteiger partial charge is 0.294 e. The number of fused-ring (bicyclic) bond motifs is 1. The third-order valence-electron chi connectivity index (χ3n) is 6.93. The number of nitriles is 1. The summed E-state index contributed by atoms with van der Waals surface area (Å²) in [7, 11) is 0. The van der Waals surface area contributed by atoms with Crippen molar-refractivity contribution in [2.75, 3.05) is 4.90 Å². The van der Waals surface area contributed by atoms with E-state index in [0.717, 1.165) is 65.9 Å². The number of rotatable bonds is 3. The van der Waals surface area contributed by atoms with Crippen LogP contribution in [0.2, 0.25) is 0 Å². The normalized spacial score (nSPS) is 21.0. The number of hydrogen-bond donors (Lipinski definition) is 0. The van der Waals surface area contributed by atoms with Gasteiger partial charge in [0, 0.05) is 34.9 Å². The van der Waals surface area contributed by atoms with Gasteiger partial charge in [-0.1, -0.05) is 31.2 Å². The fraction of sp³-hybridized carbons (Fsp3) is 0.423. The quantitative estimate of drug-likeness (QED) is 0.638. The SMILES string of the molecule is CCc1ccc([C@@H]2CC(=O)N(c3sc4c(c3C#N)CCCC4)C3=C2C(=O)CCC3)cc1. The first-order valence-electron chi connectivity index (χ1n) is 11.3. The first-order valence-corrected chi connectivity index (χ1v) is 12.2.